The van der Waals surface area contributed by atoms with E-state index in [1.54, 1.807) is 24.3 Å². The summed E-state index contributed by atoms with van der Waals surface area (Å²) in [6.07, 6.45) is 2.33. The minimum Gasteiger partial charge on any atom is -0.319 e. The first kappa shape index (κ1) is 15.1. The highest BCUT2D eigenvalue weighted by molar-refractivity contribution is 6.32. The van der Waals surface area contributed by atoms with Crippen LogP contribution in [0, 0.1) is 5.82 Å². The molecule has 3 rings (SSSR count). The van der Waals surface area contributed by atoms with Crippen molar-refractivity contribution in [1.29, 1.82) is 0 Å². The predicted molar refractivity (Wildman–Crippen MR) is 83.8 cm³/mol. The molecular formula is C15H10ClFN4O2. The van der Waals surface area contributed by atoms with Crippen LogP contribution in [-0.4, -0.2) is 20.7 Å². The first-order valence-corrected chi connectivity index (χ1v) is 6.99. The number of carbonyl (C=O) groups excluding carboxylic acids is 1. The van der Waals surface area contributed by atoms with Gasteiger partial charge in [0, 0.05) is 11.6 Å². The maximum Gasteiger partial charge on any atom is 0.246 e. The summed E-state index contributed by atoms with van der Waals surface area (Å²) in [5.41, 5.74) is 0.0797. The molecule has 6 nitrogen and oxygen atoms in total. The lowest BCUT2D eigenvalue weighted by atomic mass is 10.2. The van der Waals surface area contributed by atoms with Gasteiger partial charge < -0.3 is 5.32 Å². The number of rotatable bonds is 3. The maximum absolute atomic E-state index is 13.7. The topological polar surface area (TPSA) is 76.9 Å². The number of nitrogens with one attached hydrogen (secondary N) is 1. The van der Waals surface area contributed by atoms with Crippen molar-refractivity contribution in [1.82, 2.24) is 14.8 Å². The molecule has 0 unspecified atom stereocenters. The van der Waals surface area contributed by atoms with Crippen LogP contribution in [0.3, 0.4) is 0 Å². The van der Waals surface area contributed by atoms with Crippen LogP contribution in [0.1, 0.15) is 0 Å². The number of nitrogens with zero attached hydrogens (tertiary/aromatic N) is 3. The molecule has 116 valence electrons. The Bertz CT molecular complexity index is 937. The largest absolute Gasteiger partial charge is 0.319 e. The van der Waals surface area contributed by atoms with Gasteiger partial charge in [0.25, 0.3) is 0 Å². The van der Waals surface area contributed by atoms with Crippen molar-refractivity contribution in [2.45, 2.75) is 6.54 Å². The average molecular weight is 333 g/mol. The third-order valence-corrected chi connectivity index (χ3v) is 3.46. The summed E-state index contributed by atoms with van der Waals surface area (Å²) < 4.78 is 15.0. The van der Waals surface area contributed by atoms with Crippen LogP contribution in [0.5, 0.6) is 0 Å². The first-order chi connectivity index (χ1) is 11.1. The average Bonchev–Trinajstić information content (AvgIpc) is 2.54. The summed E-state index contributed by atoms with van der Waals surface area (Å²) in [5, 5.41) is 6.60. The third kappa shape index (κ3) is 3.04. The minimum atomic E-state index is -0.684. The number of hydrogen-bond acceptors (Lipinski definition) is 4. The van der Waals surface area contributed by atoms with Gasteiger partial charge in [-0.25, -0.2) is 9.37 Å². The molecule has 23 heavy (non-hydrogen) atoms. The number of fused-ring (bicyclic) bond motifs is 1. The van der Waals surface area contributed by atoms with Crippen LogP contribution in [0.2, 0.25) is 5.15 Å². The van der Waals surface area contributed by atoms with E-state index in [0.29, 0.717) is 10.9 Å². The van der Waals surface area contributed by atoms with Crippen LogP contribution in [0.25, 0.3) is 10.9 Å². The van der Waals surface area contributed by atoms with Crippen LogP contribution >= 0.6 is 11.6 Å². The molecule has 0 aliphatic carbocycles. The Balaban J connectivity index is 1.90. The van der Waals surface area contributed by atoms with E-state index in [0.717, 1.165) is 12.3 Å². The molecule has 0 saturated heterocycles. The van der Waals surface area contributed by atoms with Crippen LogP contribution in [0.4, 0.5) is 10.1 Å². The van der Waals surface area contributed by atoms with Gasteiger partial charge in [-0.2, -0.15) is 5.10 Å². The van der Waals surface area contributed by atoms with Crippen molar-refractivity contribution in [3.05, 3.63) is 63.9 Å². The first-order valence-electron chi connectivity index (χ1n) is 6.61. The van der Waals surface area contributed by atoms with Gasteiger partial charge in [-0.1, -0.05) is 23.7 Å². The summed E-state index contributed by atoms with van der Waals surface area (Å²) >= 11 is 5.76. The van der Waals surface area contributed by atoms with Gasteiger partial charge in [-0.05, 0) is 18.2 Å². The standard InChI is InChI=1S/C15H10ClFN4O2/c16-15-14(10(17)5-6-18-15)20-13(23)8-21-11-4-2-1-3-9(11)12(22)7-19-21/h1-7H,8H2,(H,20,23). The molecule has 1 N–H and O–H groups in total. The summed E-state index contributed by atoms with van der Waals surface area (Å²) in [5.74, 6) is -1.23. The van der Waals surface area contributed by atoms with Crippen LogP contribution in [0.15, 0.2) is 47.5 Å². The summed E-state index contributed by atoms with van der Waals surface area (Å²) in [4.78, 5) is 27.6. The number of hydrogen-bond donors (Lipinski definition) is 1. The van der Waals surface area contributed by atoms with Crippen LogP contribution < -0.4 is 10.7 Å². The van der Waals surface area contributed by atoms with Gasteiger partial charge in [0.15, 0.2) is 11.0 Å². The van der Waals surface area contributed by atoms with Crippen molar-refractivity contribution >= 4 is 34.1 Å². The van der Waals surface area contributed by atoms with E-state index in [-0.39, 0.29) is 22.8 Å². The maximum atomic E-state index is 13.7. The normalized spacial score (nSPS) is 10.7. The molecule has 3 aromatic rings. The molecule has 0 atom stereocenters. The SMILES string of the molecule is O=C(Cn1ncc(=O)c2ccccc21)Nc1c(F)ccnc1Cl. The molecule has 8 heteroatoms. The summed E-state index contributed by atoms with van der Waals surface area (Å²) in [6.45, 7) is -0.203. The number of carbonyl (C=O) groups is 1. The minimum absolute atomic E-state index is 0.143. The van der Waals surface area contributed by atoms with Gasteiger partial charge in [0.1, 0.15) is 12.2 Å². The fourth-order valence-electron chi connectivity index (χ4n) is 2.13. The smallest absolute Gasteiger partial charge is 0.246 e. The quantitative estimate of drug-likeness (QED) is 0.746. The van der Waals surface area contributed by atoms with Crippen molar-refractivity contribution in [2.24, 2.45) is 0 Å². The van der Waals surface area contributed by atoms with E-state index in [1.165, 1.54) is 10.9 Å². The highest BCUT2D eigenvalue weighted by atomic mass is 35.5. The fourth-order valence-corrected chi connectivity index (χ4v) is 2.32. The lowest BCUT2D eigenvalue weighted by Crippen LogP contribution is -2.23. The molecule has 0 saturated carbocycles. The highest BCUT2D eigenvalue weighted by Crippen LogP contribution is 2.22. The molecule has 1 aromatic carbocycles. The predicted octanol–water partition coefficient (Wildman–Crippen LogP) is 2.22. The van der Waals surface area contributed by atoms with Gasteiger partial charge in [0.2, 0.25) is 11.3 Å². The number of pyridine rings is 1. The number of aromatic nitrogens is 3. The van der Waals surface area contributed by atoms with E-state index < -0.39 is 11.7 Å². The van der Waals surface area contributed by atoms with Gasteiger partial charge in [0.05, 0.1) is 11.7 Å². The molecule has 0 aliphatic heterocycles. The van der Waals surface area contributed by atoms with Crippen molar-refractivity contribution in [2.75, 3.05) is 5.32 Å². The summed E-state index contributed by atoms with van der Waals surface area (Å²) in [6, 6.07) is 7.86. The second kappa shape index (κ2) is 6.13. The molecule has 2 heterocycles. The number of para-hydroxylation sites is 1. The lowest BCUT2D eigenvalue weighted by Gasteiger charge is -2.10. The van der Waals surface area contributed by atoms with E-state index in [4.69, 9.17) is 11.6 Å². The Kier molecular flexibility index (Phi) is 4.03. The van der Waals surface area contributed by atoms with Gasteiger partial charge >= 0.3 is 0 Å². The number of amides is 1. The second-order valence-corrected chi connectivity index (χ2v) is 5.05. The zero-order valence-electron chi connectivity index (χ0n) is 11.7. The lowest BCUT2D eigenvalue weighted by molar-refractivity contribution is -0.116. The Labute approximate surface area is 134 Å². The third-order valence-electron chi connectivity index (χ3n) is 3.17. The highest BCUT2D eigenvalue weighted by Gasteiger charge is 2.13. The molecule has 1 amide bonds. The number of halogens is 2. The van der Waals surface area contributed by atoms with E-state index in [2.05, 4.69) is 15.4 Å². The van der Waals surface area contributed by atoms with Crippen LogP contribution in [-0.2, 0) is 11.3 Å². The second-order valence-electron chi connectivity index (χ2n) is 4.69. The van der Waals surface area contributed by atoms with E-state index in [9.17, 15) is 14.0 Å². The van der Waals surface area contributed by atoms with Crippen molar-refractivity contribution in [3.8, 4) is 0 Å². The zero-order chi connectivity index (χ0) is 16.4. The van der Waals surface area contributed by atoms with Gasteiger partial charge in [-0.3, -0.25) is 14.3 Å². The van der Waals surface area contributed by atoms with E-state index in [1.807, 2.05) is 0 Å². The fraction of sp³-hybridized carbons (Fsp3) is 0.0667. The monoisotopic (exact) mass is 332 g/mol. The molecule has 0 radical (unpaired) electrons. The Morgan fingerprint density at radius 1 is 1.30 bits per heavy atom. The molecule has 0 bridgehead atoms. The Morgan fingerprint density at radius 2 is 2.09 bits per heavy atom. The Hall–Kier alpha value is -2.80. The molecule has 0 fully saturated rings. The molecular weight excluding hydrogens is 323 g/mol. The zero-order valence-corrected chi connectivity index (χ0v) is 12.4. The Morgan fingerprint density at radius 3 is 2.87 bits per heavy atom. The van der Waals surface area contributed by atoms with Crippen molar-refractivity contribution < 1.29 is 9.18 Å². The molecule has 0 aliphatic rings. The molecule has 2 aromatic heterocycles. The number of benzene rings is 1. The van der Waals surface area contributed by atoms with E-state index >= 15 is 0 Å². The number of anilines is 1. The van der Waals surface area contributed by atoms with Gasteiger partial charge in [-0.15, -0.1) is 0 Å². The molecule has 0 spiro atoms. The van der Waals surface area contributed by atoms with Crippen molar-refractivity contribution in [3.63, 3.8) is 0 Å². The summed E-state index contributed by atoms with van der Waals surface area (Å²) in [7, 11) is 0.